The molecule has 0 saturated carbocycles. The number of hydrogen-bond acceptors (Lipinski definition) is 2. The lowest BCUT2D eigenvalue weighted by atomic mass is 10.2. The van der Waals surface area contributed by atoms with Crippen LogP contribution in [0.3, 0.4) is 0 Å². The van der Waals surface area contributed by atoms with Crippen LogP contribution in [0.1, 0.15) is 25.7 Å². The van der Waals surface area contributed by atoms with E-state index in [0.717, 1.165) is 25.7 Å². The Morgan fingerprint density at radius 2 is 1.73 bits per heavy atom. The monoisotopic (exact) mass is 161 g/mol. The number of aliphatic hydroxyl groups excluding tert-OH is 1. The van der Waals surface area contributed by atoms with E-state index in [2.05, 4.69) is 0 Å². The van der Waals surface area contributed by atoms with Gasteiger partial charge in [0, 0.05) is 6.61 Å². The first kappa shape index (κ1) is 10.9. The van der Waals surface area contributed by atoms with E-state index in [9.17, 15) is 5.11 Å². The molecule has 3 heteroatoms. The molecule has 11 heavy (non-hydrogen) atoms. The Morgan fingerprint density at radius 3 is 2.36 bits per heavy atom. The number of aliphatic hydroxyl groups is 1. The summed E-state index contributed by atoms with van der Waals surface area (Å²) in [7, 11) is 0. The van der Waals surface area contributed by atoms with Gasteiger partial charge in [0.25, 0.3) is 0 Å². The smallest absolute Gasteiger partial charge is 0.0822 e. The molecule has 67 valence electrons. The molecule has 0 aromatic rings. The van der Waals surface area contributed by atoms with Crippen LogP contribution in [0.5, 0.6) is 0 Å². The summed E-state index contributed by atoms with van der Waals surface area (Å²) in [6.45, 7) is 1.28. The Bertz CT molecular complexity index is 58.4. The third-order valence-corrected chi connectivity index (χ3v) is 1.42. The average Bonchev–Trinajstić information content (AvgIpc) is 2.03. The first-order chi connectivity index (χ1) is 5.41. The lowest BCUT2D eigenvalue weighted by Gasteiger charge is -2.00. The maximum Gasteiger partial charge on any atom is 0.0822 e. The topological polar surface area (TPSA) is 49.4 Å². The number of ether oxygens (including phenoxy) is 1. The van der Waals surface area contributed by atoms with Crippen LogP contribution in [-0.4, -0.2) is 31.5 Å². The van der Waals surface area contributed by atoms with Crippen molar-refractivity contribution in [3.05, 3.63) is 0 Å². The van der Waals surface area contributed by atoms with Gasteiger partial charge in [-0.25, -0.2) is 5.11 Å². The molecule has 0 aromatic heterocycles. The molecule has 0 aliphatic rings. The zero-order valence-electron chi connectivity index (χ0n) is 6.92. The van der Waals surface area contributed by atoms with Crippen LogP contribution < -0.4 is 0 Å². The second-order valence-corrected chi connectivity index (χ2v) is 2.45. The minimum Gasteiger partial charge on any atom is -0.394 e. The maximum atomic E-state index is 10.0. The highest BCUT2D eigenvalue weighted by molar-refractivity contribution is 4.41. The summed E-state index contributed by atoms with van der Waals surface area (Å²) in [5.74, 6) is 0. The van der Waals surface area contributed by atoms with Crippen molar-refractivity contribution >= 4 is 0 Å². The van der Waals surface area contributed by atoms with Crippen molar-refractivity contribution < 1.29 is 14.9 Å². The van der Waals surface area contributed by atoms with Crippen molar-refractivity contribution in [3.63, 3.8) is 0 Å². The molecule has 0 saturated heterocycles. The second-order valence-electron chi connectivity index (χ2n) is 2.45. The van der Waals surface area contributed by atoms with Crippen LogP contribution in [0.25, 0.3) is 0 Å². The molecular weight excluding hydrogens is 144 g/mol. The fraction of sp³-hybridized carbons (Fsp3) is 1.00. The van der Waals surface area contributed by atoms with Gasteiger partial charge >= 0.3 is 0 Å². The van der Waals surface area contributed by atoms with E-state index in [1.54, 1.807) is 0 Å². The predicted molar refractivity (Wildman–Crippen MR) is 41.9 cm³/mol. The second kappa shape index (κ2) is 9.88. The Hall–Kier alpha value is -0.120. The normalized spacial score (nSPS) is 10.4. The Morgan fingerprint density at radius 1 is 1.00 bits per heavy atom. The van der Waals surface area contributed by atoms with Gasteiger partial charge in [0.2, 0.25) is 0 Å². The fourth-order valence-corrected chi connectivity index (χ4v) is 0.826. The van der Waals surface area contributed by atoms with E-state index < -0.39 is 0 Å². The molecular formula is C8H17O3. The summed E-state index contributed by atoms with van der Waals surface area (Å²) in [5.41, 5.74) is 0. The minimum absolute atomic E-state index is 0.0392. The average molecular weight is 161 g/mol. The van der Waals surface area contributed by atoms with E-state index in [-0.39, 0.29) is 13.2 Å². The van der Waals surface area contributed by atoms with Crippen LogP contribution in [0, 0.1) is 0 Å². The lowest BCUT2D eigenvalue weighted by Crippen LogP contribution is -2.00. The van der Waals surface area contributed by atoms with Crippen LogP contribution in [0.4, 0.5) is 0 Å². The summed E-state index contributed by atoms with van der Waals surface area (Å²) >= 11 is 0. The standard InChI is InChI=1S/C8H17O3/c9-5-3-1-2-4-7-11-8-6-10/h10H,1-8H2. The number of rotatable bonds is 8. The van der Waals surface area contributed by atoms with Crippen molar-refractivity contribution in [2.75, 3.05) is 26.4 Å². The molecule has 0 unspecified atom stereocenters. The molecule has 0 amide bonds. The van der Waals surface area contributed by atoms with Gasteiger partial charge in [-0.1, -0.05) is 12.8 Å². The summed E-state index contributed by atoms with van der Waals surface area (Å²) < 4.78 is 5.03. The first-order valence-electron chi connectivity index (χ1n) is 4.18. The molecule has 0 fully saturated rings. The molecule has 0 aliphatic carbocycles. The number of hydrogen-bond donors (Lipinski definition) is 1. The molecule has 1 N–H and O–H groups in total. The van der Waals surface area contributed by atoms with Gasteiger partial charge in [-0.05, 0) is 12.8 Å². The van der Waals surface area contributed by atoms with E-state index in [4.69, 9.17) is 9.84 Å². The molecule has 0 bridgehead atoms. The SMILES string of the molecule is [O]CCCCCCOCCO. The molecule has 0 rings (SSSR count). The molecule has 1 radical (unpaired) electrons. The van der Waals surface area contributed by atoms with Crippen molar-refractivity contribution in [3.8, 4) is 0 Å². The zero-order chi connectivity index (χ0) is 8.36. The number of unbranched alkanes of at least 4 members (excludes halogenated alkanes) is 3. The van der Waals surface area contributed by atoms with Crippen LogP contribution >= 0.6 is 0 Å². The highest BCUT2D eigenvalue weighted by atomic mass is 16.5. The predicted octanol–water partition coefficient (Wildman–Crippen LogP) is 0.986. The van der Waals surface area contributed by atoms with Crippen LogP contribution in [0.15, 0.2) is 0 Å². The summed E-state index contributed by atoms with van der Waals surface area (Å²) in [4.78, 5) is 0. The molecule has 0 aliphatic heterocycles. The van der Waals surface area contributed by atoms with E-state index in [1.807, 2.05) is 0 Å². The Balaban J connectivity index is 2.69. The third-order valence-electron chi connectivity index (χ3n) is 1.42. The van der Waals surface area contributed by atoms with Gasteiger partial charge < -0.3 is 9.84 Å². The van der Waals surface area contributed by atoms with E-state index >= 15 is 0 Å². The van der Waals surface area contributed by atoms with Gasteiger partial charge in [0.15, 0.2) is 0 Å². The highest BCUT2D eigenvalue weighted by Gasteiger charge is 1.89. The molecule has 0 heterocycles. The van der Waals surface area contributed by atoms with Gasteiger partial charge in [0.05, 0.1) is 19.8 Å². The quantitative estimate of drug-likeness (QED) is 0.539. The lowest BCUT2D eigenvalue weighted by molar-refractivity contribution is 0.0890. The van der Waals surface area contributed by atoms with Gasteiger partial charge in [-0.2, -0.15) is 0 Å². The van der Waals surface area contributed by atoms with Crippen molar-refractivity contribution in [1.82, 2.24) is 0 Å². The zero-order valence-corrected chi connectivity index (χ0v) is 6.92. The van der Waals surface area contributed by atoms with Gasteiger partial charge in [-0.15, -0.1) is 0 Å². The largest absolute Gasteiger partial charge is 0.394 e. The van der Waals surface area contributed by atoms with Crippen molar-refractivity contribution in [1.29, 1.82) is 0 Å². The van der Waals surface area contributed by atoms with Crippen LogP contribution in [0.2, 0.25) is 0 Å². The summed E-state index contributed by atoms with van der Waals surface area (Å²) in [5, 5.41) is 18.3. The van der Waals surface area contributed by atoms with E-state index in [0.29, 0.717) is 13.2 Å². The molecule has 0 atom stereocenters. The van der Waals surface area contributed by atoms with Crippen molar-refractivity contribution in [2.24, 2.45) is 0 Å². The van der Waals surface area contributed by atoms with Crippen molar-refractivity contribution in [2.45, 2.75) is 25.7 Å². The van der Waals surface area contributed by atoms with Gasteiger partial charge in [0.1, 0.15) is 0 Å². The minimum atomic E-state index is 0.0392. The summed E-state index contributed by atoms with van der Waals surface area (Å²) in [6.07, 6.45) is 3.85. The maximum absolute atomic E-state index is 10.0. The Labute approximate surface area is 68.0 Å². The summed E-state index contributed by atoms with van der Waals surface area (Å²) in [6, 6.07) is 0. The highest BCUT2D eigenvalue weighted by Crippen LogP contribution is 1.98. The third kappa shape index (κ3) is 9.88. The Kier molecular flexibility index (Phi) is 9.77. The first-order valence-corrected chi connectivity index (χ1v) is 4.18. The molecule has 0 aromatic carbocycles. The van der Waals surface area contributed by atoms with Gasteiger partial charge in [-0.3, -0.25) is 0 Å². The molecule has 0 spiro atoms. The van der Waals surface area contributed by atoms with E-state index in [1.165, 1.54) is 0 Å². The fourth-order valence-electron chi connectivity index (χ4n) is 0.826. The van der Waals surface area contributed by atoms with Crippen LogP contribution in [-0.2, 0) is 9.84 Å². The molecule has 3 nitrogen and oxygen atoms in total.